The summed E-state index contributed by atoms with van der Waals surface area (Å²) >= 11 is 5.41. The molecule has 0 saturated carbocycles. The standard InChI is InChI=1S/C19H19N5O3S/c1-12(25)13-3-2-4-14(11-13)20-19(28)21-15-5-6-16(18-17(15)22-27-23-18)24-7-9-26-10-8-24/h2-6,11H,7-10H2,1H3,(H2,20,21,28). The van der Waals surface area contributed by atoms with Gasteiger partial charge in [0.15, 0.2) is 21.9 Å². The average molecular weight is 397 g/mol. The first-order chi connectivity index (χ1) is 13.6. The molecule has 1 aromatic heterocycles. The van der Waals surface area contributed by atoms with Crippen molar-refractivity contribution >= 4 is 51.2 Å². The molecule has 1 aliphatic rings. The second kappa shape index (κ2) is 7.91. The van der Waals surface area contributed by atoms with Crippen molar-refractivity contribution in [3.63, 3.8) is 0 Å². The lowest BCUT2D eigenvalue weighted by molar-refractivity contribution is 0.101. The Morgan fingerprint density at radius 1 is 1.11 bits per heavy atom. The quantitative estimate of drug-likeness (QED) is 0.509. The third-order valence-corrected chi connectivity index (χ3v) is 4.73. The lowest BCUT2D eigenvalue weighted by Crippen LogP contribution is -2.36. The Labute approximate surface area is 166 Å². The molecule has 0 unspecified atom stereocenters. The van der Waals surface area contributed by atoms with Crippen molar-refractivity contribution < 1.29 is 14.2 Å². The Kier molecular flexibility index (Phi) is 5.18. The number of hydrogen-bond donors (Lipinski definition) is 2. The molecular weight excluding hydrogens is 378 g/mol. The summed E-state index contributed by atoms with van der Waals surface area (Å²) in [6, 6.07) is 11.0. The molecule has 9 heteroatoms. The molecule has 2 aromatic carbocycles. The summed E-state index contributed by atoms with van der Waals surface area (Å²) in [5.41, 5.74) is 4.26. The van der Waals surface area contributed by atoms with Crippen molar-refractivity contribution in [1.29, 1.82) is 0 Å². The maximum absolute atomic E-state index is 11.5. The van der Waals surface area contributed by atoms with Crippen molar-refractivity contribution in [1.82, 2.24) is 10.3 Å². The van der Waals surface area contributed by atoms with Crippen LogP contribution in [0.1, 0.15) is 17.3 Å². The van der Waals surface area contributed by atoms with Crippen LogP contribution in [0.25, 0.3) is 11.0 Å². The smallest absolute Gasteiger partial charge is 0.175 e. The van der Waals surface area contributed by atoms with E-state index < -0.39 is 0 Å². The number of carbonyl (C=O) groups is 1. The van der Waals surface area contributed by atoms with Crippen LogP contribution in [-0.4, -0.2) is 47.5 Å². The summed E-state index contributed by atoms with van der Waals surface area (Å²) in [5, 5.41) is 14.7. The molecule has 1 saturated heterocycles. The molecule has 3 aromatic rings. The van der Waals surface area contributed by atoms with E-state index in [0.717, 1.165) is 24.5 Å². The predicted molar refractivity (Wildman–Crippen MR) is 111 cm³/mol. The van der Waals surface area contributed by atoms with E-state index in [0.29, 0.717) is 40.6 Å². The van der Waals surface area contributed by atoms with Crippen molar-refractivity contribution in [2.24, 2.45) is 0 Å². The lowest BCUT2D eigenvalue weighted by Gasteiger charge is -2.28. The van der Waals surface area contributed by atoms with Gasteiger partial charge in [-0.3, -0.25) is 4.79 Å². The van der Waals surface area contributed by atoms with E-state index in [9.17, 15) is 4.79 Å². The number of fused-ring (bicyclic) bond motifs is 1. The molecule has 0 atom stereocenters. The van der Waals surface area contributed by atoms with Gasteiger partial charge in [-0.1, -0.05) is 12.1 Å². The molecule has 144 valence electrons. The van der Waals surface area contributed by atoms with Gasteiger partial charge in [0.25, 0.3) is 0 Å². The minimum Gasteiger partial charge on any atom is -0.378 e. The summed E-state index contributed by atoms with van der Waals surface area (Å²) in [7, 11) is 0. The first-order valence-corrected chi connectivity index (χ1v) is 9.29. The van der Waals surface area contributed by atoms with Crippen LogP contribution in [0.15, 0.2) is 41.0 Å². The van der Waals surface area contributed by atoms with Gasteiger partial charge in [-0.05, 0) is 53.7 Å². The average Bonchev–Trinajstić information content (AvgIpc) is 3.19. The third-order valence-electron chi connectivity index (χ3n) is 4.52. The maximum Gasteiger partial charge on any atom is 0.175 e. The van der Waals surface area contributed by atoms with Gasteiger partial charge in [0.05, 0.1) is 24.6 Å². The van der Waals surface area contributed by atoms with Crippen molar-refractivity contribution in [3.05, 3.63) is 42.0 Å². The fourth-order valence-electron chi connectivity index (χ4n) is 3.11. The fourth-order valence-corrected chi connectivity index (χ4v) is 3.34. The highest BCUT2D eigenvalue weighted by atomic mass is 32.1. The van der Waals surface area contributed by atoms with Gasteiger partial charge in [-0.15, -0.1) is 0 Å². The molecule has 0 radical (unpaired) electrons. The number of anilines is 3. The van der Waals surface area contributed by atoms with E-state index in [1.807, 2.05) is 18.2 Å². The molecule has 0 spiro atoms. The molecule has 1 fully saturated rings. The number of nitrogens with one attached hydrogen (secondary N) is 2. The van der Waals surface area contributed by atoms with Crippen LogP contribution in [0.4, 0.5) is 17.1 Å². The summed E-state index contributed by atoms with van der Waals surface area (Å²) in [6.07, 6.45) is 0. The number of ether oxygens (including phenoxy) is 1. The van der Waals surface area contributed by atoms with Gasteiger partial charge in [-0.2, -0.15) is 0 Å². The fraction of sp³-hybridized carbons (Fsp3) is 0.263. The second-order valence-corrected chi connectivity index (χ2v) is 6.82. The normalized spacial score (nSPS) is 14.1. The number of ketones is 1. The van der Waals surface area contributed by atoms with Crippen LogP contribution >= 0.6 is 12.2 Å². The first kappa shape index (κ1) is 18.3. The minimum absolute atomic E-state index is 0.00314. The molecular formula is C19H19N5O3S. The van der Waals surface area contributed by atoms with Crippen LogP contribution in [0.5, 0.6) is 0 Å². The number of thiocarbonyl (C=S) groups is 1. The third kappa shape index (κ3) is 3.80. The SMILES string of the molecule is CC(=O)c1cccc(NC(=S)Nc2ccc(N3CCOCC3)c3nonc23)c1. The molecule has 8 nitrogen and oxygen atoms in total. The molecule has 0 aliphatic carbocycles. The zero-order valence-corrected chi connectivity index (χ0v) is 16.1. The van der Waals surface area contributed by atoms with E-state index >= 15 is 0 Å². The minimum atomic E-state index is -0.00314. The molecule has 1 aliphatic heterocycles. The van der Waals surface area contributed by atoms with Gasteiger partial charge >= 0.3 is 0 Å². The Morgan fingerprint density at radius 2 is 1.89 bits per heavy atom. The number of rotatable bonds is 4. The monoisotopic (exact) mass is 397 g/mol. The van der Waals surface area contributed by atoms with Crippen molar-refractivity contribution in [3.8, 4) is 0 Å². The molecule has 4 rings (SSSR count). The zero-order valence-electron chi connectivity index (χ0n) is 15.3. The highest BCUT2D eigenvalue weighted by Crippen LogP contribution is 2.30. The molecule has 0 amide bonds. The highest BCUT2D eigenvalue weighted by Gasteiger charge is 2.19. The Balaban J connectivity index is 1.53. The van der Waals surface area contributed by atoms with Crippen LogP contribution < -0.4 is 15.5 Å². The number of hydrogen-bond acceptors (Lipinski definition) is 7. The molecule has 2 N–H and O–H groups in total. The Hall–Kier alpha value is -3.04. The first-order valence-electron chi connectivity index (χ1n) is 8.89. The molecule has 0 bridgehead atoms. The van der Waals surface area contributed by atoms with Gasteiger partial charge in [-0.25, -0.2) is 4.63 Å². The summed E-state index contributed by atoms with van der Waals surface area (Å²) in [5.74, 6) is -0.00314. The zero-order chi connectivity index (χ0) is 19.5. The van der Waals surface area contributed by atoms with Crippen LogP contribution in [0.3, 0.4) is 0 Å². The second-order valence-electron chi connectivity index (χ2n) is 6.41. The largest absolute Gasteiger partial charge is 0.378 e. The lowest BCUT2D eigenvalue weighted by atomic mass is 10.1. The summed E-state index contributed by atoms with van der Waals surface area (Å²) < 4.78 is 10.4. The van der Waals surface area contributed by atoms with Gasteiger partial charge in [0.2, 0.25) is 0 Å². The van der Waals surface area contributed by atoms with Gasteiger partial charge in [0, 0.05) is 24.3 Å². The van der Waals surface area contributed by atoms with Crippen LogP contribution in [0.2, 0.25) is 0 Å². The number of carbonyl (C=O) groups excluding carboxylic acids is 1. The Bertz CT molecular complexity index is 1030. The van der Waals surface area contributed by atoms with E-state index in [2.05, 4.69) is 25.8 Å². The number of Topliss-reactive ketones (excluding diaryl/α,β-unsaturated/α-hetero) is 1. The number of benzene rings is 2. The van der Waals surface area contributed by atoms with Gasteiger partial charge in [0.1, 0.15) is 0 Å². The van der Waals surface area contributed by atoms with Crippen LogP contribution in [-0.2, 0) is 4.74 Å². The number of nitrogens with zero attached hydrogens (tertiary/aromatic N) is 3. The Morgan fingerprint density at radius 3 is 2.68 bits per heavy atom. The highest BCUT2D eigenvalue weighted by molar-refractivity contribution is 7.80. The molecule has 28 heavy (non-hydrogen) atoms. The number of morpholine rings is 1. The maximum atomic E-state index is 11.5. The van der Waals surface area contributed by atoms with Crippen molar-refractivity contribution in [2.45, 2.75) is 6.92 Å². The van der Waals surface area contributed by atoms with E-state index in [-0.39, 0.29) is 5.78 Å². The summed E-state index contributed by atoms with van der Waals surface area (Å²) in [6.45, 7) is 4.47. The molecule has 2 heterocycles. The summed E-state index contributed by atoms with van der Waals surface area (Å²) in [4.78, 5) is 13.7. The van der Waals surface area contributed by atoms with Crippen LogP contribution in [0, 0.1) is 0 Å². The van der Waals surface area contributed by atoms with Crippen molar-refractivity contribution in [2.75, 3.05) is 41.8 Å². The topological polar surface area (TPSA) is 92.5 Å². The van der Waals surface area contributed by atoms with E-state index in [1.165, 1.54) is 6.92 Å². The predicted octanol–water partition coefficient (Wildman–Crippen LogP) is 3.07. The van der Waals surface area contributed by atoms with Gasteiger partial charge < -0.3 is 20.3 Å². The van der Waals surface area contributed by atoms with E-state index in [4.69, 9.17) is 21.6 Å². The number of aromatic nitrogens is 2. The van der Waals surface area contributed by atoms with E-state index in [1.54, 1.807) is 18.2 Å².